The van der Waals surface area contributed by atoms with Gasteiger partial charge in [0.15, 0.2) is 5.82 Å². The molecule has 0 aromatic carbocycles. The monoisotopic (exact) mass is 206 g/mol. The zero-order valence-electron chi connectivity index (χ0n) is 7.17. The van der Waals surface area contributed by atoms with Crippen molar-refractivity contribution < 1.29 is 18.3 Å². The maximum Gasteiger partial charge on any atom is 0.283 e. The molecule has 0 amide bonds. The number of alkyl halides is 2. The van der Waals surface area contributed by atoms with E-state index in [9.17, 15) is 13.2 Å². The van der Waals surface area contributed by atoms with Gasteiger partial charge in [0.2, 0.25) is 0 Å². The van der Waals surface area contributed by atoms with Gasteiger partial charge in [0.1, 0.15) is 5.69 Å². The summed E-state index contributed by atoms with van der Waals surface area (Å²) in [5, 5.41) is 8.75. The quantitative estimate of drug-likeness (QED) is 0.778. The number of nitrogens with two attached hydrogens (primary N) is 1. The Hall–Kier alpha value is -1.14. The Morgan fingerprint density at radius 1 is 1.50 bits per heavy atom. The molecule has 1 aromatic rings. The van der Waals surface area contributed by atoms with Crippen molar-refractivity contribution in [2.24, 2.45) is 5.73 Å². The zero-order chi connectivity index (χ0) is 10.7. The first kappa shape index (κ1) is 10.9. The summed E-state index contributed by atoms with van der Waals surface area (Å²) in [4.78, 5) is 3.35. The molecule has 6 heteroatoms. The Morgan fingerprint density at radius 3 is 2.57 bits per heavy atom. The van der Waals surface area contributed by atoms with Crippen LogP contribution in [0.3, 0.4) is 0 Å². The van der Waals surface area contributed by atoms with Crippen LogP contribution in [-0.2, 0) is 13.2 Å². The Morgan fingerprint density at radius 2 is 2.14 bits per heavy atom. The molecule has 1 heterocycles. The van der Waals surface area contributed by atoms with Gasteiger partial charge in [-0.3, -0.25) is 0 Å². The summed E-state index contributed by atoms with van der Waals surface area (Å²) in [5.41, 5.74) is 4.50. The van der Waals surface area contributed by atoms with Crippen LogP contribution in [0, 0.1) is 5.82 Å². The molecule has 0 unspecified atom stereocenters. The molecule has 1 aromatic heterocycles. The summed E-state index contributed by atoms with van der Waals surface area (Å²) in [5.74, 6) is -1.12. The van der Waals surface area contributed by atoms with Crippen LogP contribution in [0.1, 0.15) is 23.4 Å². The molecule has 0 saturated heterocycles. The van der Waals surface area contributed by atoms with E-state index < -0.39 is 24.5 Å². The van der Waals surface area contributed by atoms with Crippen LogP contribution < -0.4 is 5.73 Å². The first-order valence-electron chi connectivity index (χ1n) is 3.87. The van der Waals surface area contributed by atoms with Crippen molar-refractivity contribution in [1.82, 2.24) is 4.98 Å². The summed E-state index contributed by atoms with van der Waals surface area (Å²) in [6.07, 6.45) is -2.98. The van der Waals surface area contributed by atoms with Crippen LogP contribution in [0.25, 0.3) is 0 Å². The number of aliphatic hydroxyl groups excluding tert-OH is 1. The van der Waals surface area contributed by atoms with Gasteiger partial charge in [0.25, 0.3) is 6.43 Å². The van der Waals surface area contributed by atoms with Crippen molar-refractivity contribution in [2.75, 3.05) is 0 Å². The van der Waals surface area contributed by atoms with Gasteiger partial charge in [-0.2, -0.15) is 0 Å². The number of aromatic nitrogens is 1. The molecule has 0 fully saturated rings. The molecule has 0 radical (unpaired) electrons. The number of hydrogen-bond acceptors (Lipinski definition) is 3. The van der Waals surface area contributed by atoms with E-state index in [1.54, 1.807) is 0 Å². The Bertz CT molecular complexity index is 331. The molecule has 0 aliphatic heterocycles. The number of nitrogens with zero attached hydrogens (tertiary/aromatic N) is 1. The smallest absolute Gasteiger partial charge is 0.283 e. The fourth-order valence-corrected chi connectivity index (χ4v) is 1.05. The molecule has 0 saturated carbocycles. The number of rotatable bonds is 3. The van der Waals surface area contributed by atoms with E-state index in [4.69, 9.17) is 10.8 Å². The van der Waals surface area contributed by atoms with Gasteiger partial charge in [-0.15, -0.1) is 0 Å². The second-order valence-corrected chi connectivity index (χ2v) is 2.62. The van der Waals surface area contributed by atoms with Gasteiger partial charge in [-0.25, -0.2) is 18.2 Å². The number of pyridine rings is 1. The SMILES string of the molecule is NCc1nc(C(F)F)c(F)cc1CO. The van der Waals surface area contributed by atoms with E-state index in [0.29, 0.717) is 0 Å². The van der Waals surface area contributed by atoms with Crippen molar-refractivity contribution in [3.05, 3.63) is 28.8 Å². The van der Waals surface area contributed by atoms with E-state index in [-0.39, 0.29) is 17.8 Å². The summed E-state index contributed by atoms with van der Waals surface area (Å²) in [6, 6.07) is 0.830. The van der Waals surface area contributed by atoms with Gasteiger partial charge in [0, 0.05) is 12.1 Å². The Labute approximate surface area is 78.4 Å². The highest BCUT2D eigenvalue weighted by Crippen LogP contribution is 2.22. The van der Waals surface area contributed by atoms with E-state index >= 15 is 0 Å². The minimum atomic E-state index is -2.98. The lowest BCUT2D eigenvalue weighted by atomic mass is 10.1. The summed E-state index contributed by atoms with van der Waals surface area (Å²) < 4.78 is 37.3. The largest absolute Gasteiger partial charge is 0.392 e. The summed E-state index contributed by atoms with van der Waals surface area (Å²) in [6.45, 7) is -0.587. The minimum Gasteiger partial charge on any atom is -0.392 e. The van der Waals surface area contributed by atoms with Crippen molar-refractivity contribution in [1.29, 1.82) is 0 Å². The summed E-state index contributed by atoms with van der Waals surface area (Å²) >= 11 is 0. The highest BCUT2D eigenvalue weighted by Gasteiger charge is 2.17. The maximum absolute atomic E-state index is 12.9. The van der Waals surface area contributed by atoms with E-state index in [2.05, 4.69) is 4.98 Å². The summed E-state index contributed by atoms with van der Waals surface area (Å²) in [7, 11) is 0. The average molecular weight is 206 g/mol. The first-order valence-corrected chi connectivity index (χ1v) is 3.87. The Balaban J connectivity index is 3.23. The number of halogens is 3. The molecule has 3 N–H and O–H groups in total. The zero-order valence-corrected chi connectivity index (χ0v) is 7.17. The molecule has 0 bridgehead atoms. The molecule has 14 heavy (non-hydrogen) atoms. The molecular weight excluding hydrogens is 197 g/mol. The van der Waals surface area contributed by atoms with Crippen molar-refractivity contribution in [3.63, 3.8) is 0 Å². The molecule has 0 atom stereocenters. The third-order valence-electron chi connectivity index (χ3n) is 1.74. The lowest BCUT2D eigenvalue weighted by Crippen LogP contribution is -2.09. The fraction of sp³-hybridized carbons (Fsp3) is 0.375. The molecule has 78 valence electrons. The lowest BCUT2D eigenvalue weighted by Gasteiger charge is -2.08. The molecule has 0 aliphatic carbocycles. The second kappa shape index (κ2) is 4.39. The molecule has 3 nitrogen and oxygen atoms in total. The normalized spacial score (nSPS) is 11.0. The van der Waals surface area contributed by atoms with Gasteiger partial charge in [-0.05, 0) is 6.07 Å². The lowest BCUT2D eigenvalue weighted by molar-refractivity contribution is 0.140. The minimum absolute atomic E-state index is 0.0872. The van der Waals surface area contributed by atoms with Gasteiger partial charge in [-0.1, -0.05) is 0 Å². The highest BCUT2D eigenvalue weighted by atomic mass is 19.3. The standard InChI is InChI=1S/C8H9F3N2O/c9-5-1-4(3-14)6(2-12)13-7(5)8(10)11/h1,8,14H,2-3,12H2. The first-order chi connectivity index (χ1) is 6.60. The van der Waals surface area contributed by atoms with Gasteiger partial charge < -0.3 is 10.8 Å². The van der Waals surface area contributed by atoms with Crippen LogP contribution in [0.2, 0.25) is 0 Å². The number of hydrogen-bond donors (Lipinski definition) is 2. The predicted octanol–water partition coefficient (Wildman–Crippen LogP) is 1.11. The van der Waals surface area contributed by atoms with E-state index in [1.807, 2.05) is 0 Å². The van der Waals surface area contributed by atoms with Crippen LogP contribution in [0.5, 0.6) is 0 Å². The van der Waals surface area contributed by atoms with E-state index in [1.165, 1.54) is 0 Å². The average Bonchev–Trinajstić information content (AvgIpc) is 2.16. The topological polar surface area (TPSA) is 59.1 Å². The third-order valence-corrected chi connectivity index (χ3v) is 1.74. The predicted molar refractivity (Wildman–Crippen MR) is 43.0 cm³/mol. The molecule has 1 rings (SSSR count). The number of aliphatic hydroxyl groups is 1. The van der Waals surface area contributed by atoms with E-state index in [0.717, 1.165) is 6.07 Å². The molecule has 0 aliphatic rings. The third kappa shape index (κ3) is 2.02. The Kier molecular flexibility index (Phi) is 3.43. The highest BCUT2D eigenvalue weighted by molar-refractivity contribution is 5.24. The molecular formula is C8H9F3N2O. The van der Waals surface area contributed by atoms with Crippen LogP contribution in [0.4, 0.5) is 13.2 Å². The maximum atomic E-state index is 12.9. The van der Waals surface area contributed by atoms with Gasteiger partial charge in [0.05, 0.1) is 12.3 Å². The van der Waals surface area contributed by atoms with Crippen LogP contribution in [0.15, 0.2) is 6.07 Å². The second-order valence-electron chi connectivity index (χ2n) is 2.62. The van der Waals surface area contributed by atoms with Crippen LogP contribution >= 0.6 is 0 Å². The van der Waals surface area contributed by atoms with Crippen LogP contribution in [-0.4, -0.2) is 10.1 Å². The van der Waals surface area contributed by atoms with Crippen molar-refractivity contribution in [2.45, 2.75) is 19.6 Å². The fourth-order valence-electron chi connectivity index (χ4n) is 1.05. The molecule has 0 spiro atoms. The van der Waals surface area contributed by atoms with Gasteiger partial charge >= 0.3 is 0 Å². The van der Waals surface area contributed by atoms with Crippen molar-refractivity contribution >= 4 is 0 Å². The van der Waals surface area contributed by atoms with Crippen molar-refractivity contribution in [3.8, 4) is 0 Å².